The fraction of sp³-hybridized carbons (Fsp3) is 0.0625. The van der Waals surface area contributed by atoms with Crippen LogP contribution in [0.2, 0.25) is 10.0 Å². The molecule has 0 saturated carbocycles. The minimum absolute atomic E-state index is 0.216. The minimum Gasteiger partial charge on any atom is -0.337 e. The second kappa shape index (κ2) is 6.62. The van der Waals surface area contributed by atoms with Gasteiger partial charge in [-0.15, -0.1) is 10.2 Å². The summed E-state index contributed by atoms with van der Waals surface area (Å²) in [6.45, 7) is 0.216. The van der Waals surface area contributed by atoms with E-state index in [-0.39, 0.29) is 6.54 Å². The van der Waals surface area contributed by atoms with Gasteiger partial charge in [0.15, 0.2) is 0 Å². The Balaban J connectivity index is 1.52. The fourth-order valence-electron chi connectivity index (χ4n) is 2.21. The van der Waals surface area contributed by atoms with Gasteiger partial charge < -0.3 is 4.52 Å². The molecule has 25 heavy (non-hydrogen) atoms. The Labute approximate surface area is 152 Å². The second-order valence-electron chi connectivity index (χ2n) is 5.17. The quantitative estimate of drug-likeness (QED) is 0.542. The number of hydrogen-bond donors (Lipinski definition) is 0. The molecule has 0 unspecified atom stereocenters. The van der Waals surface area contributed by atoms with Gasteiger partial charge in [-0.05, 0) is 41.6 Å². The number of halogens is 2. The topological polar surface area (TPSA) is 82.5 Å². The summed E-state index contributed by atoms with van der Waals surface area (Å²) < 4.78 is 5.24. The third-order valence-corrected chi connectivity index (χ3v) is 3.87. The first-order valence-electron chi connectivity index (χ1n) is 7.30. The van der Waals surface area contributed by atoms with Gasteiger partial charge in [0.1, 0.15) is 6.54 Å². The highest BCUT2D eigenvalue weighted by Gasteiger charge is 2.12. The lowest BCUT2D eigenvalue weighted by molar-refractivity contribution is 0.356. The highest BCUT2D eigenvalue weighted by atomic mass is 35.5. The van der Waals surface area contributed by atoms with Gasteiger partial charge in [0.05, 0.1) is 0 Å². The molecule has 0 radical (unpaired) electrons. The predicted molar refractivity (Wildman–Crippen MR) is 92.1 cm³/mol. The monoisotopic (exact) mass is 372 g/mol. The van der Waals surface area contributed by atoms with Gasteiger partial charge in [0.25, 0.3) is 5.89 Å². The number of benzene rings is 2. The summed E-state index contributed by atoms with van der Waals surface area (Å²) in [5, 5.41) is 17.5. The van der Waals surface area contributed by atoms with Crippen molar-refractivity contribution in [1.82, 2.24) is 30.3 Å². The summed E-state index contributed by atoms with van der Waals surface area (Å²) in [5.74, 6) is 1.32. The van der Waals surface area contributed by atoms with E-state index in [1.807, 2.05) is 24.3 Å². The van der Waals surface area contributed by atoms with Crippen LogP contribution in [0.5, 0.6) is 0 Å². The summed E-state index contributed by atoms with van der Waals surface area (Å²) in [4.78, 5) is 5.72. The van der Waals surface area contributed by atoms with E-state index in [9.17, 15) is 0 Å². The van der Waals surface area contributed by atoms with Crippen LogP contribution in [-0.4, -0.2) is 30.3 Å². The van der Waals surface area contributed by atoms with E-state index in [2.05, 4.69) is 25.6 Å². The SMILES string of the molecule is Clc1ccc(-c2nnn(Cc3nc(-c4cccc(Cl)c4)no3)n2)cc1. The van der Waals surface area contributed by atoms with E-state index in [0.29, 0.717) is 27.6 Å². The molecule has 0 spiro atoms. The van der Waals surface area contributed by atoms with Crippen LogP contribution in [0.1, 0.15) is 5.89 Å². The van der Waals surface area contributed by atoms with Crippen LogP contribution in [0.25, 0.3) is 22.8 Å². The summed E-state index contributed by atoms with van der Waals surface area (Å²) in [5.41, 5.74) is 1.59. The van der Waals surface area contributed by atoms with E-state index in [1.54, 1.807) is 24.3 Å². The molecule has 0 N–H and O–H groups in total. The zero-order valence-electron chi connectivity index (χ0n) is 12.7. The maximum Gasteiger partial charge on any atom is 0.250 e. The Morgan fingerprint density at radius 1 is 0.920 bits per heavy atom. The average Bonchev–Trinajstić information content (AvgIpc) is 3.26. The van der Waals surface area contributed by atoms with Crippen LogP contribution < -0.4 is 0 Å². The molecule has 0 aliphatic heterocycles. The van der Waals surface area contributed by atoms with Crippen molar-refractivity contribution < 1.29 is 4.52 Å². The lowest BCUT2D eigenvalue weighted by Crippen LogP contribution is -2.04. The van der Waals surface area contributed by atoms with Crippen LogP contribution >= 0.6 is 23.2 Å². The summed E-state index contributed by atoms with van der Waals surface area (Å²) >= 11 is 11.9. The van der Waals surface area contributed by atoms with E-state index in [1.165, 1.54) is 4.80 Å². The molecule has 4 rings (SSSR count). The first-order chi connectivity index (χ1) is 12.2. The van der Waals surface area contributed by atoms with Crippen molar-refractivity contribution in [3.63, 3.8) is 0 Å². The summed E-state index contributed by atoms with van der Waals surface area (Å²) in [6.07, 6.45) is 0. The molecular weight excluding hydrogens is 363 g/mol. The third kappa shape index (κ3) is 3.52. The van der Waals surface area contributed by atoms with Crippen molar-refractivity contribution in [2.75, 3.05) is 0 Å². The fourth-order valence-corrected chi connectivity index (χ4v) is 2.53. The van der Waals surface area contributed by atoms with Crippen LogP contribution in [0.4, 0.5) is 0 Å². The molecule has 0 saturated heterocycles. The predicted octanol–water partition coefficient (Wildman–Crippen LogP) is 3.75. The molecule has 0 aliphatic carbocycles. The summed E-state index contributed by atoms with van der Waals surface area (Å²) in [7, 11) is 0. The van der Waals surface area contributed by atoms with Gasteiger partial charge >= 0.3 is 0 Å². The zero-order chi connectivity index (χ0) is 17.2. The van der Waals surface area contributed by atoms with Crippen molar-refractivity contribution in [2.24, 2.45) is 0 Å². The number of nitrogens with zero attached hydrogens (tertiary/aromatic N) is 6. The van der Waals surface area contributed by atoms with Gasteiger partial charge in [-0.3, -0.25) is 0 Å². The van der Waals surface area contributed by atoms with Gasteiger partial charge in [-0.25, -0.2) is 0 Å². The van der Waals surface area contributed by atoms with Crippen molar-refractivity contribution in [1.29, 1.82) is 0 Å². The first kappa shape index (κ1) is 15.7. The number of aromatic nitrogens is 6. The van der Waals surface area contributed by atoms with Crippen LogP contribution in [0.3, 0.4) is 0 Å². The van der Waals surface area contributed by atoms with E-state index < -0.39 is 0 Å². The Hall–Kier alpha value is -2.77. The highest BCUT2D eigenvalue weighted by Crippen LogP contribution is 2.20. The van der Waals surface area contributed by atoms with Crippen LogP contribution in [-0.2, 0) is 6.54 Å². The second-order valence-corrected chi connectivity index (χ2v) is 6.05. The smallest absolute Gasteiger partial charge is 0.250 e. The van der Waals surface area contributed by atoms with Gasteiger partial charge in [0.2, 0.25) is 11.6 Å². The normalized spacial score (nSPS) is 11.0. The maximum absolute atomic E-state index is 5.98. The highest BCUT2D eigenvalue weighted by molar-refractivity contribution is 6.31. The van der Waals surface area contributed by atoms with Gasteiger partial charge in [0, 0.05) is 21.2 Å². The van der Waals surface area contributed by atoms with Crippen LogP contribution in [0, 0.1) is 0 Å². The molecule has 124 valence electrons. The maximum atomic E-state index is 5.98. The number of tetrazole rings is 1. The first-order valence-corrected chi connectivity index (χ1v) is 8.05. The Morgan fingerprint density at radius 2 is 1.76 bits per heavy atom. The van der Waals surface area contributed by atoms with Crippen molar-refractivity contribution in [3.05, 3.63) is 64.5 Å². The van der Waals surface area contributed by atoms with E-state index in [4.69, 9.17) is 27.7 Å². The third-order valence-electron chi connectivity index (χ3n) is 3.38. The Kier molecular flexibility index (Phi) is 4.17. The molecule has 0 amide bonds. The lowest BCUT2D eigenvalue weighted by atomic mass is 10.2. The summed E-state index contributed by atoms with van der Waals surface area (Å²) in [6, 6.07) is 14.4. The van der Waals surface area contributed by atoms with Crippen LogP contribution in [0.15, 0.2) is 53.1 Å². The number of rotatable bonds is 4. The van der Waals surface area contributed by atoms with Crippen molar-refractivity contribution in [2.45, 2.75) is 6.54 Å². The standard InChI is InChI=1S/C16H10Cl2N6O/c17-12-6-4-10(5-7-12)16-20-23-24(21-16)9-14-19-15(22-25-14)11-2-1-3-13(18)8-11/h1-8H,9H2. The molecule has 2 heterocycles. The van der Waals surface area contributed by atoms with Gasteiger partial charge in [-0.2, -0.15) is 9.78 Å². The Morgan fingerprint density at radius 3 is 2.56 bits per heavy atom. The average molecular weight is 373 g/mol. The largest absolute Gasteiger partial charge is 0.337 e. The Bertz CT molecular complexity index is 1010. The van der Waals surface area contributed by atoms with Gasteiger partial charge in [-0.1, -0.05) is 40.5 Å². The molecule has 0 bridgehead atoms. The molecule has 9 heteroatoms. The molecule has 4 aromatic rings. The van der Waals surface area contributed by atoms with Crippen molar-refractivity contribution in [3.8, 4) is 22.8 Å². The zero-order valence-corrected chi connectivity index (χ0v) is 14.2. The van der Waals surface area contributed by atoms with E-state index in [0.717, 1.165) is 11.1 Å². The molecule has 2 aromatic heterocycles. The van der Waals surface area contributed by atoms with Crippen molar-refractivity contribution >= 4 is 23.2 Å². The lowest BCUT2D eigenvalue weighted by Gasteiger charge is -1.95. The molecular formula is C16H10Cl2N6O. The molecule has 0 atom stereocenters. The van der Waals surface area contributed by atoms with E-state index >= 15 is 0 Å². The molecule has 2 aromatic carbocycles. The number of hydrogen-bond acceptors (Lipinski definition) is 6. The minimum atomic E-state index is 0.216. The molecule has 7 nitrogen and oxygen atoms in total. The molecule has 0 fully saturated rings. The molecule has 0 aliphatic rings.